The Balaban J connectivity index is 1.64. The maximum absolute atomic E-state index is 12.5. The third-order valence-corrected chi connectivity index (χ3v) is 5.47. The van der Waals surface area contributed by atoms with E-state index in [9.17, 15) is 4.79 Å². The highest BCUT2D eigenvalue weighted by atomic mass is 35.5. The number of oxazole rings is 1. The summed E-state index contributed by atoms with van der Waals surface area (Å²) in [6, 6.07) is 13.8. The first-order valence-electron chi connectivity index (χ1n) is 9.60. The van der Waals surface area contributed by atoms with E-state index in [4.69, 9.17) is 25.7 Å². The minimum atomic E-state index is -0.0927. The van der Waals surface area contributed by atoms with Crippen molar-refractivity contribution in [3.8, 4) is 16.9 Å². The molecular formula is C22H23ClN2O3. The number of nitrogens with zero attached hydrogens (tertiary/aromatic N) is 2. The molecule has 28 heavy (non-hydrogen) atoms. The lowest BCUT2D eigenvalue weighted by molar-refractivity contribution is -0.132. The Labute approximate surface area is 169 Å². The van der Waals surface area contributed by atoms with E-state index in [0.717, 1.165) is 47.4 Å². The fraction of sp³-hybridized carbons (Fsp3) is 0.364. The number of likely N-dealkylation sites (tertiary alicyclic amines) is 1. The predicted octanol–water partition coefficient (Wildman–Crippen LogP) is 5.19. The molecule has 3 aromatic rings. The molecule has 1 aromatic heterocycles. The molecule has 1 aliphatic heterocycles. The van der Waals surface area contributed by atoms with Crippen molar-refractivity contribution in [2.24, 2.45) is 0 Å². The first-order valence-corrected chi connectivity index (χ1v) is 10.1. The summed E-state index contributed by atoms with van der Waals surface area (Å²) in [4.78, 5) is 19.1. The Morgan fingerprint density at radius 3 is 3.00 bits per heavy atom. The smallest absolute Gasteiger partial charge is 0.223 e. The summed E-state index contributed by atoms with van der Waals surface area (Å²) < 4.78 is 11.5. The fourth-order valence-electron chi connectivity index (χ4n) is 3.82. The molecule has 1 unspecified atom stereocenters. The number of fused-ring (bicyclic) bond motifs is 1. The van der Waals surface area contributed by atoms with Gasteiger partial charge in [0.2, 0.25) is 11.8 Å². The van der Waals surface area contributed by atoms with E-state index < -0.39 is 0 Å². The van der Waals surface area contributed by atoms with E-state index in [2.05, 4.69) is 0 Å². The van der Waals surface area contributed by atoms with Crippen LogP contribution in [0, 0.1) is 0 Å². The third kappa shape index (κ3) is 3.59. The van der Waals surface area contributed by atoms with Crippen molar-refractivity contribution in [2.45, 2.75) is 31.7 Å². The lowest BCUT2D eigenvalue weighted by Crippen LogP contribution is -2.30. The molecule has 0 bridgehead atoms. The van der Waals surface area contributed by atoms with Crippen molar-refractivity contribution in [3.05, 3.63) is 48.4 Å². The lowest BCUT2D eigenvalue weighted by atomic mass is 10.0. The quantitative estimate of drug-likeness (QED) is 0.536. The second-order valence-corrected chi connectivity index (χ2v) is 7.35. The number of para-hydroxylation sites is 1. The van der Waals surface area contributed by atoms with Crippen molar-refractivity contribution in [1.82, 2.24) is 9.88 Å². The molecule has 4 rings (SSSR count). The normalized spacial score (nSPS) is 16.6. The minimum Gasteiger partial charge on any atom is -0.496 e. The van der Waals surface area contributed by atoms with Crippen LogP contribution < -0.4 is 4.74 Å². The maximum atomic E-state index is 12.5. The number of hydrogen-bond acceptors (Lipinski definition) is 4. The van der Waals surface area contributed by atoms with Gasteiger partial charge in [-0.1, -0.05) is 24.3 Å². The summed E-state index contributed by atoms with van der Waals surface area (Å²) in [6.45, 7) is 0.747. The topological polar surface area (TPSA) is 55.6 Å². The van der Waals surface area contributed by atoms with Crippen molar-refractivity contribution in [1.29, 1.82) is 0 Å². The molecule has 2 aromatic carbocycles. The number of alkyl halides is 1. The van der Waals surface area contributed by atoms with E-state index in [-0.39, 0.29) is 11.9 Å². The molecule has 0 aliphatic carbocycles. The predicted molar refractivity (Wildman–Crippen MR) is 110 cm³/mol. The highest BCUT2D eigenvalue weighted by Crippen LogP contribution is 2.36. The van der Waals surface area contributed by atoms with Gasteiger partial charge in [0.05, 0.1) is 7.11 Å². The number of hydrogen-bond donors (Lipinski definition) is 0. The van der Waals surface area contributed by atoms with Crippen LogP contribution in [0.2, 0.25) is 0 Å². The standard InChI is InChI=1S/C22H23ClN2O3/c1-27-19-8-3-2-6-16(19)15-10-11-20-17(14-15)24-22(28-20)18-7-5-13-25(18)21(26)9-4-12-23/h2-3,6,8,10-11,14,18H,4-5,7,9,12-13H2,1H3. The van der Waals surface area contributed by atoms with Crippen LogP contribution in [0.25, 0.3) is 22.2 Å². The fourth-order valence-corrected chi connectivity index (χ4v) is 3.96. The number of methoxy groups -OCH3 is 1. The van der Waals surface area contributed by atoms with Crippen LogP contribution in [0.15, 0.2) is 46.9 Å². The van der Waals surface area contributed by atoms with E-state index in [1.54, 1.807) is 7.11 Å². The molecule has 0 spiro atoms. The molecule has 1 saturated heterocycles. The number of carbonyl (C=O) groups excluding carboxylic acids is 1. The number of benzene rings is 2. The van der Waals surface area contributed by atoms with E-state index >= 15 is 0 Å². The zero-order valence-corrected chi connectivity index (χ0v) is 16.6. The SMILES string of the molecule is COc1ccccc1-c1ccc2oc(C3CCCN3C(=O)CCCCl)nc2c1. The Morgan fingerprint density at radius 1 is 1.32 bits per heavy atom. The molecular weight excluding hydrogens is 376 g/mol. The average molecular weight is 399 g/mol. The van der Waals surface area contributed by atoms with Gasteiger partial charge < -0.3 is 14.1 Å². The second-order valence-electron chi connectivity index (χ2n) is 6.97. The van der Waals surface area contributed by atoms with Crippen molar-refractivity contribution >= 4 is 28.6 Å². The van der Waals surface area contributed by atoms with Gasteiger partial charge >= 0.3 is 0 Å². The van der Waals surface area contributed by atoms with E-state index in [0.29, 0.717) is 24.6 Å². The first kappa shape index (κ1) is 18.8. The summed E-state index contributed by atoms with van der Waals surface area (Å²) >= 11 is 5.74. The lowest BCUT2D eigenvalue weighted by Gasteiger charge is -2.22. The van der Waals surface area contributed by atoms with Gasteiger partial charge in [-0.25, -0.2) is 4.98 Å². The van der Waals surface area contributed by atoms with Crippen LogP contribution in [0.5, 0.6) is 5.75 Å². The van der Waals surface area contributed by atoms with Crippen LogP contribution in [0.4, 0.5) is 0 Å². The molecule has 5 nitrogen and oxygen atoms in total. The average Bonchev–Trinajstić information content (AvgIpc) is 3.38. The molecule has 2 heterocycles. The van der Waals surface area contributed by atoms with Gasteiger partial charge in [0, 0.05) is 24.4 Å². The zero-order valence-electron chi connectivity index (χ0n) is 15.9. The number of halogens is 1. The highest BCUT2D eigenvalue weighted by molar-refractivity contribution is 6.17. The number of carbonyl (C=O) groups is 1. The Morgan fingerprint density at radius 2 is 2.18 bits per heavy atom. The molecule has 6 heteroatoms. The van der Waals surface area contributed by atoms with Crippen molar-refractivity contribution in [2.75, 3.05) is 19.5 Å². The van der Waals surface area contributed by atoms with Crippen LogP contribution in [0.1, 0.15) is 37.6 Å². The highest BCUT2D eigenvalue weighted by Gasteiger charge is 2.33. The zero-order chi connectivity index (χ0) is 19.5. The van der Waals surface area contributed by atoms with Crippen LogP contribution >= 0.6 is 11.6 Å². The van der Waals surface area contributed by atoms with Gasteiger partial charge in [-0.2, -0.15) is 0 Å². The number of amides is 1. The van der Waals surface area contributed by atoms with Gasteiger partial charge in [0.15, 0.2) is 5.58 Å². The molecule has 146 valence electrons. The molecule has 1 fully saturated rings. The molecule has 0 radical (unpaired) electrons. The van der Waals surface area contributed by atoms with E-state index in [1.165, 1.54) is 0 Å². The van der Waals surface area contributed by atoms with Gasteiger partial charge in [0.25, 0.3) is 0 Å². The van der Waals surface area contributed by atoms with Crippen LogP contribution in [-0.2, 0) is 4.79 Å². The molecule has 0 N–H and O–H groups in total. The second kappa shape index (κ2) is 8.23. The maximum Gasteiger partial charge on any atom is 0.223 e. The largest absolute Gasteiger partial charge is 0.496 e. The Kier molecular flexibility index (Phi) is 5.53. The van der Waals surface area contributed by atoms with Crippen LogP contribution in [0.3, 0.4) is 0 Å². The van der Waals surface area contributed by atoms with E-state index in [1.807, 2.05) is 47.4 Å². The van der Waals surface area contributed by atoms with Gasteiger partial charge in [0.1, 0.15) is 17.3 Å². The van der Waals surface area contributed by atoms with Gasteiger partial charge in [-0.15, -0.1) is 11.6 Å². The molecule has 1 aliphatic rings. The summed E-state index contributed by atoms with van der Waals surface area (Å²) in [5.74, 6) is 2.06. The monoisotopic (exact) mass is 398 g/mol. The Bertz CT molecular complexity index is 985. The number of rotatable bonds is 6. The first-order chi connectivity index (χ1) is 13.7. The summed E-state index contributed by atoms with van der Waals surface area (Å²) in [7, 11) is 1.67. The van der Waals surface area contributed by atoms with Crippen LogP contribution in [-0.4, -0.2) is 35.3 Å². The number of ether oxygens (including phenoxy) is 1. The van der Waals surface area contributed by atoms with Crippen molar-refractivity contribution in [3.63, 3.8) is 0 Å². The summed E-state index contributed by atoms with van der Waals surface area (Å²) in [6.07, 6.45) is 3.00. The minimum absolute atomic E-state index is 0.0927. The molecule has 1 atom stereocenters. The summed E-state index contributed by atoms with van der Waals surface area (Å²) in [5, 5.41) is 0. The van der Waals surface area contributed by atoms with Crippen molar-refractivity contribution < 1.29 is 13.9 Å². The van der Waals surface area contributed by atoms with Gasteiger partial charge in [-0.3, -0.25) is 4.79 Å². The summed E-state index contributed by atoms with van der Waals surface area (Å²) in [5.41, 5.74) is 3.55. The third-order valence-electron chi connectivity index (χ3n) is 5.20. The molecule has 0 saturated carbocycles. The van der Waals surface area contributed by atoms with Gasteiger partial charge in [-0.05, 0) is 43.0 Å². The number of aromatic nitrogens is 1. The Hall–Kier alpha value is -2.53. The molecule has 1 amide bonds.